The first-order chi connectivity index (χ1) is 8.16. The van der Waals surface area contributed by atoms with E-state index in [-0.39, 0.29) is 17.9 Å². The quantitative estimate of drug-likeness (QED) is 0.693. The second-order valence-corrected chi connectivity index (χ2v) is 5.30. The molecule has 98 valence electrons. The lowest BCUT2D eigenvalue weighted by molar-refractivity contribution is -0.125. The molecule has 5 heteroatoms. The molecule has 0 radical (unpaired) electrons. The summed E-state index contributed by atoms with van der Waals surface area (Å²) in [6.45, 7) is 4.03. The van der Waals surface area contributed by atoms with Crippen molar-refractivity contribution in [2.75, 3.05) is 39.9 Å². The number of amides is 1. The van der Waals surface area contributed by atoms with Gasteiger partial charge in [-0.2, -0.15) is 0 Å². The second-order valence-electron chi connectivity index (χ2n) is 5.30. The molecule has 2 fully saturated rings. The molecule has 17 heavy (non-hydrogen) atoms. The maximum atomic E-state index is 11.9. The molecule has 0 aromatic heterocycles. The molecule has 0 aliphatic carbocycles. The van der Waals surface area contributed by atoms with Crippen LogP contribution < -0.4 is 11.1 Å². The van der Waals surface area contributed by atoms with E-state index < -0.39 is 0 Å². The van der Waals surface area contributed by atoms with Gasteiger partial charge in [0.2, 0.25) is 5.91 Å². The van der Waals surface area contributed by atoms with Crippen molar-refractivity contribution in [3.8, 4) is 0 Å². The van der Waals surface area contributed by atoms with Gasteiger partial charge in [-0.1, -0.05) is 0 Å². The standard InChI is InChI=1S/C12H23N3O2/c1-15-4-2-9(3-5-15)6-14-12(16)10-7-17-8-11(10)13/h9-11H,2-8,13H2,1H3,(H,14,16). The first kappa shape index (κ1) is 12.8. The van der Waals surface area contributed by atoms with E-state index in [4.69, 9.17) is 10.5 Å². The van der Waals surface area contributed by atoms with Gasteiger partial charge >= 0.3 is 0 Å². The Morgan fingerprint density at radius 2 is 2.12 bits per heavy atom. The molecule has 0 bridgehead atoms. The lowest BCUT2D eigenvalue weighted by Crippen LogP contribution is -2.43. The Bertz CT molecular complexity index is 264. The summed E-state index contributed by atoms with van der Waals surface area (Å²) < 4.78 is 5.20. The molecule has 0 aromatic carbocycles. The van der Waals surface area contributed by atoms with Gasteiger partial charge in [-0.25, -0.2) is 0 Å². The van der Waals surface area contributed by atoms with E-state index in [0.717, 1.165) is 19.6 Å². The first-order valence-corrected chi connectivity index (χ1v) is 6.46. The summed E-state index contributed by atoms with van der Waals surface area (Å²) >= 11 is 0. The predicted octanol–water partition coefficient (Wildman–Crippen LogP) is -0.582. The number of carbonyl (C=O) groups excluding carboxylic acids is 1. The van der Waals surface area contributed by atoms with Crippen molar-refractivity contribution in [1.29, 1.82) is 0 Å². The summed E-state index contributed by atoms with van der Waals surface area (Å²) in [5, 5.41) is 3.02. The van der Waals surface area contributed by atoms with Crippen LogP contribution in [0.5, 0.6) is 0 Å². The van der Waals surface area contributed by atoms with Gasteiger partial charge in [0.1, 0.15) is 0 Å². The molecule has 2 atom stereocenters. The van der Waals surface area contributed by atoms with Crippen molar-refractivity contribution in [1.82, 2.24) is 10.2 Å². The van der Waals surface area contributed by atoms with Crippen LogP contribution in [0.15, 0.2) is 0 Å². The van der Waals surface area contributed by atoms with E-state index in [1.54, 1.807) is 0 Å². The van der Waals surface area contributed by atoms with Crippen LogP contribution in [0.2, 0.25) is 0 Å². The molecule has 0 aromatic rings. The van der Waals surface area contributed by atoms with Gasteiger partial charge in [-0.05, 0) is 38.9 Å². The van der Waals surface area contributed by atoms with E-state index in [1.807, 2.05) is 0 Å². The minimum Gasteiger partial charge on any atom is -0.379 e. The minimum absolute atomic E-state index is 0.0638. The highest BCUT2D eigenvalue weighted by molar-refractivity contribution is 5.79. The third kappa shape index (κ3) is 3.40. The lowest BCUT2D eigenvalue weighted by atomic mass is 9.96. The Morgan fingerprint density at radius 3 is 2.71 bits per heavy atom. The van der Waals surface area contributed by atoms with E-state index in [0.29, 0.717) is 19.1 Å². The van der Waals surface area contributed by atoms with E-state index in [1.165, 1.54) is 12.8 Å². The number of hydrogen-bond acceptors (Lipinski definition) is 4. The van der Waals surface area contributed by atoms with Gasteiger partial charge < -0.3 is 20.7 Å². The van der Waals surface area contributed by atoms with Crippen molar-refractivity contribution in [3.05, 3.63) is 0 Å². The van der Waals surface area contributed by atoms with Gasteiger partial charge in [0, 0.05) is 12.6 Å². The summed E-state index contributed by atoms with van der Waals surface area (Å²) in [5.41, 5.74) is 5.81. The van der Waals surface area contributed by atoms with Gasteiger partial charge in [-0.15, -0.1) is 0 Å². The van der Waals surface area contributed by atoms with Crippen molar-refractivity contribution in [2.45, 2.75) is 18.9 Å². The molecule has 2 aliphatic rings. The highest BCUT2D eigenvalue weighted by Gasteiger charge is 2.31. The number of nitrogens with one attached hydrogen (secondary N) is 1. The zero-order valence-electron chi connectivity index (χ0n) is 10.5. The maximum absolute atomic E-state index is 11.9. The molecule has 2 aliphatic heterocycles. The Hall–Kier alpha value is -0.650. The number of likely N-dealkylation sites (tertiary alicyclic amines) is 1. The van der Waals surface area contributed by atoms with E-state index in [2.05, 4.69) is 17.3 Å². The third-order valence-corrected chi connectivity index (χ3v) is 3.86. The highest BCUT2D eigenvalue weighted by Crippen LogP contribution is 2.16. The topological polar surface area (TPSA) is 67.6 Å². The lowest BCUT2D eigenvalue weighted by Gasteiger charge is -2.29. The van der Waals surface area contributed by atoms with Crippen LogP contribution in [-0.2, 0) is 9.53 Å². The van der Waals surface area contributed by atoms with Crippen LogP contribution in [0.4, 0.5) is 0 Å². The zero-order chi connectivity index (χ0) is 12.3. The van der Waals surface area contributed by atoms with E-state index >= 15 is 0 Å². The fourth-order valence-electron chi connectivity index (χ4n) is 2.48. The fourth-order valence-corrected chi connectivity index (χ4v) is 2.48. The molecule has 5 nitrogen and oxygen atoms in total. The molecular weight excluding hydrogens is 218 g/mol. The van der Waals surface area contributed by atoms with Crippen molar-refractivity contribution in [3.63, 3.8) is 0 Å². The Morgan fingerprint density at radius 1 is 1.41 bits per heavy atom. The molecular formula is C12H23N3O2. The molecule has 2 saturated heterocycles. The average molecular weight is 241 g/mol. The molecule has 3 N–H and O–H groups in total. The SMILES string of the molecule is CN1CCC(CNC(=O)C2COCC2N)CC1. The average Bonchev–Trinajstić information content (AvgIpc) is 2.74. The summed E-state index contributed by atoms with van der Waals surface area (Å²) in [5.74, 6) is 0.531. The van der Waals surface area contributed by atoms with Crippen molar-refractivity contribution in [2.24, 2.45) is 17.6 Å². The smallest absolute Gasteiger partial charge is 0.227 e. The second kappa shape index (κ2) is 5.80. The van der Waals surface area contributed by atoms with Crippen LogP contribution >= 0.6 is 0 Å². The van der Waals surface area contributed by atoms with E-state index in [9.17, 15) is 4.79 Å². The Balaban J connectivity index is 1.69. The van der Waals surface area contributed by atoms with Crippen LogP contribution in [0.1, 0.15) is 12.8 Å². The summed E-state index contributed by atoms with van der Waals surface area (Å²) in [6.07, 6.45) is 2.34. The van der Waals surface area contributed by atoms with Crippen LogP contribution in [0.25, 0.3) is 0 Å². The molecule has 2 heterocycles. The summed E-state index contributed by atoms with van der Waals surface area (Å²) in [7, 11) is 2.14. The monoisotopic (exact) mass is 241 g/mol. The Kier molecular flexibility index (Phi) is 4.36. The molecule has 2 rings (SSSR count). The number of nitrogens with zero attached hydrogens (tertiary/aromatic N) is 1. The van der Waals surface area contributed by atoms with Crippen LogP contribution in [-0.4, -0.2) is 56.7 Å². The summed E-state index contributed by atoms with van der Waals surface area (Å²) in [6, 6.07) is -0.132. The van der Waals surface area contributed by atoms with Crippen LogP contribution in [0, 0.1) is 11.8 Å². The normalized spacial score (nSPS) is 31.6. The third-order valence-electron chi connectivity index (χ3n) is 3.86. The number of ether oxygens (including phenoxy) is 1. The molecule has 1 amide bonds. The van der Waals surface area contributed by atoms with Crippen molar-refractivity contribution < 1.29 is 9.53 Å². The van der Waals surface area contributed by atoms with Gasteiger partial charge in [0.05, 0.1) is 19.1 Å². The molecule has 0 saturated carbocycles. The van der Waals surface area contributed by atoms with Gasteiger partial charge in [0.25, 0.3) is 0 Å². The molecule has 0 spiro atoms. The highest BCUT2D eigenvalue weighted by atomic mass is 16.5. The number of rotatable bonds is 3. The van der Waals surface area contributed by atoms with Gasteiger partial charge in [-0.3, -0.25) is 4.79 Å². The number of nitrogens with two attached hydrogens (primary N) is 1. The number of piperidine rings is 1. The predicted molar refractivity (Wildman–Crippen MR) is 65.5 cm³/mol. The number of carbonyl (C=O) groups is 1. The molecule has 2 unspecified atom stereocenters. The maximum Gasteiger partial charge on any atom is 0.227 e. The fraction of sp³-hybridized carbons (Fsp3) is 0.917. The minimum atomic E-state index is -0.152. The first-order valence-electron chi connectivity index (χ1n) is 6.46. The number of hydrogen-bond donors (Lipinski definition) is 2. The summed E-state index contributed by atoms with van der Waals surface area (Å²) in [4.78, 5) is 14.2. The van der Waals surface area contributed by atoms with Crippen molar-refractivity contribution >= 4 is 5.91 Å². The zero-order valence-corrected chi connectivity index (χ0v) is 10.5. The van der Waals surface area contributed by atoms with Crippen LogP contribution in [0.3, 0.4) is 0 Å². The van der Waals surface area contributed by atoms with Gasteiger partial charge in [0.15, 0.2) is 0 Å². The Labute approximate surface area is 103 Å². The largest absolute Gasteiger partial charge is 0.379 e.